The summed E-state index contributed by atoms with van der Waals surface area (Å²) in [5.74, 6) is 0. The summed E-state index contributed by atoms with van der Waals surface area (Å²) in [7, 11) is 0. The SMILES string of the molecule is CC(C)(C)c1ccc2c(c1)c1ccc[c-]c1c1nccn21.[Ir]. The van der Waals surface area contributed by atoms with Crippen LogP contribution in [0.2, 0.25) is 0 Å². The van der Waals surface area contributed by atoms with E-state index in [0.717, 1.165) is 11.0 Å². The van der Waals surface area contributed by atoms with Crippen molar-refractivity contribution in [1.82, 2.24) is 9.38 Å². The van der Waals surface area contributed by atoms with Crippen molar-refractivity contribution in [1.29, 1.82) is 0 Å². The largest absolute Gasteiger partial charge is 0.340 e. The van der Waals surface area contributed by atoms with Crippen molar-refractivity contribution in [2.45, 2.75) is 26.2 Å². The van der Waals surface area contributed by atoms with Crippen LogP contribution in [0.5, 0.6) is 0 Å². The maximum Gasteiger partial charge on any atom is 0.0608 e. The van der Waals surface area contributed by atoms with Crippen molar-refractivity contribution in [2.24, 2.45) is 0 Å². The number of benzene rings is 2. The first kappa shape index (κ1) is 15.2. The number of fused-ring (bicyclic) bond motifs is 6. The van der Waals surface area contributed by atoms with E-state index in [9.17, 15) is 0 Å². The molecule has 0 aliphatic carbocycles. The summed E-state index contributed by atoms with van der Waals surface area (Å²) < 4.78 is 2.15. The molecule has 22 heavy (non-hydrogen) atoms. The Balaban J connectivity index is 0.00000144. The number of aromatic nitrogens is 2. The zero-order valence-electron chi connectivity index (χ0n) is 12.8. The molecule has 0 fully saturated rings. The second-order valence-electron chi connectivity index (χ2n) is 6.56. The van der Waals surface area contributed by atoms with Crippen molar-refractivity contribution >= 4 is 27.3 Å². The van der Waals surface area contributed by atoms with E-state index in [1.807, 2.05) is 24.5 Å². The first-order chi connectivity index (χ1) is 10.1. The smallest absolute Gasteiger partial charge is 0.0608 e. The molecule has 0 bridgehead atoms. The Hall–Kier alpha value is -1.70. The van der Waals surface area contributed by atoms with Gasteiger partial charge in [0.2, 0.25) is 0 Å². The van der Waals surface area contributed by atoms with Crippen molar-refractivity contribution in [3.05, 3.63) is 60.4 Å². The van der Waals surface area contributed by atoms with Gasteiger partial charge in [-0.2, -0.15) is 0 Å². The van der Waals surface area contributed by atoms with Crippen LogP contribution in [0.4, 0.5) is 0 Å². The average molecular weight is 466 g/mol. The second kappa shape index (κ2) is 5.19. The van der Waals surface area contributed by atoms with Gasteiger partial charge in [0, 0.05) is 38.0 Å². The molecule has 0 N–H and O–H groups in total. The summed E-state index contributed by atoms with van der Waals surface area (Å²) >= 11 is 0. The van der Waals surface area contributed by atoms with E-state index in [1.54, 1.807) is 0 Å². The van der Waals surface area contributed by atoms with Gasteiger partial charge in [-0.3, -0.25) is 4.98 Å². The third kappa shape index (κ3) is 2.16. The maximum atomic E-state index is 4.50. The molecule has 0 atom stereocenters. The Morgan fingerprint density at radius 2 is 1.91 bits per heavy atom. The van der Waals surface area contributed by atoms with Gasteiger partial charge in [-0.05, 0) is 22.4 Å². The Bertz CT molecular complexity index is 977. The molecule has 0 aliphatic heterocycles. The molecule has 0 saturated heterocycles. The van der Waals surface area contributed by atoms with Crippen LogP contribution in [0.15, 0.2) is 48.8 Å². The zero-order chi connectivity index (χ0) is 14.6. The molecule has 4 rings (SSSR count). The van der Waals surface area contributed by atoms with Crippen LogP contribution in [0, 0.1) is 6.07 Å². The molecule has 3 heteroatoms. The zero-order valence-corrected chi connectivity index (χ0v) is 15.2. The van der Waals surface area contributed by atoms with Gasteiger partial charge < -0.3 is 4.40 Å². The van der Waals surface area contributed by atoms with Crippen molar-refractivity contribution in [3.63, 3.8) is 0 Å². The van der Waals surface area contributed by atoms with Gasteiger partial charge in [0.05, 0.1) is 5.65 Å². The summed E-state index contributed by atoms with van der Waals surface area (Å²) in [6.07, 6.45) is 3.88. The third-order valence-corrected chi connectivity index (χ3v) is 4.13. The van der Waals surface area contributed by atoms with Crippen LogP contribution in [0.25, 0.3) is 27.3 Å². The van der Waals surface area contributed by atoms with E-state index in [4.69, 9.17) is 0 Å². The summed E-state index contributed by atoms with van der Waals surface area (Å²) in [4.78, 5) is 4.50. The minimum absolute atomic E-state index is 0. The molecule has 2 aromatic heterocycles. The Labute approximate surface area is 143 Å². The Morgan fingerprint density at radius 3 is 2.68 bits per heavy atom. The number of hydrogen-bond acceptors (Lipinski definition) is 1. The number of nitrogens with zero attached hydrogens (tertiary/aromatic N) is 2. The fourth-order valence-corrected chi connectivity index (χ4v) is 2.96. The van der Waals surface area contributed by atoms with Crippen molar-refractivity contribution < 1.29 is 20.1 Å². The second-order valence-corrected chi connectivity index (χ2v) is 6.56. The fourth-order valence-electron chi connectivity index (χ4n) is 2.96. The maximum absolute atomic E-state index is 4.50. The van der Waals surface area contributed by atoms with Gasteiger partial charge in [-0.1, -0.05) is 38.3 Å². The monoisotopic (exact) mass is 466 g/mol. The predicted molar refractivity (Wildman–Crippen MR) is 87.7 cm³/mol. The minimum Gasteiger partial charge on any atom is -0.340 e. The van der Waals surface area contributed by atoms with Crippen LogP contribution in [-0.2, 0) is 25.5 Å². The third-order valence-electron chi connectivity index (χ3n) is 4.13. The quantitative estimate of drug-likeness (QED) is 0.271. The molecular weight excluding hydrogens is 448 g/mol. The molecule has 0 saturated carbocycles. The van der Waals surface area contributed by atoms with E-state index in [1.165, 1.54) is 21.9 Å². The summed E-state index contributed by atoms with van der Waals surface area (Å²) in [6, 6.07) is 16.2. The summed E-state index contributed by atoms with van der Waals surface area (Å²) in [6.45, 7) is 6.74. The van der Waals surface area contributed by atoms with E-state index >= 15 is 0 Å². The topological polar surface area (TPSA) is 17.3 Å². The van der Waals surface area contributed by atoms with Gasteiger partial charge >= 0.3 is 0 Å². The number of hydrogen-bond donors (Lipinski definition) is 0. The van der Waals surface area contributed by atoms with E-state index in [0.29, 0.717) is 0 Å². The molecular formula is C19H17IrN2-. The molecule has 113 valence electrons. The first-order valence-corrected chi connectivity index (χ1v) is 7.25. The van der Waals surface area contributed by atoms with Gasteiger partial charge in [0.25, 0.3) is 0 Å². The summed E-state index contributed by atoms with van der Waals surface area (Å²) in [5, 5.41) is 3.57. The molecule has 2 nitrogen and oxygen atoms in total. The van der Waals surface area contributed by atoms with Gasteiger partial charge in [0.15, 0.2) is 0 Å². The van der Waals surface area contributed by atoms with Crippen LogP contribution in [-0.4, -0.2) is 9.38 Å². The molecule has 1 radical (unpaired) electrons. The van der Waals surface area contributed by atoms with Crippen LogP contribution >= 0.6 is 0 Å². The predicted octanol–water partition coefficient (Wildman–Crippen LogP) is 4.74. The van der Waals surface area contributed by atoms with Crippen LogP contribution in [0.1, 0.15) is 26.3 Å². The molecule has 0 amide bonds. The molecule has 2 aromatic carbocycles. The number of imidazole rings is 1. The number of rotatable bonds is 0. The average Bonchev–Trinajstić information content (AvgIpc) is 2.96. The van der Waals surface area contributed by atoms with Crippen molar-refractivity contribution in [3.8, 4) is 0 Å². The molecule has 2 heterocycles. The standard InChI is InChI=1S/C19H17N2.Ir/c1-19(2,3)13-8-9-17-16(12-13)14-6-4-5-7-15(14)18-20-10-11-21(17)18;/h4-6,8-12H,1-3H3;/q-1;. The molecule has 4 aromatic rings. The van der Waals surface area contributed by atoms with Crippen molar-refractivity contribution in [2.75, 3.05) is 0 Å². The Morgan fingerprint density at radius 1 is 1.09 bits per heavy atom. The Kier molecular flexibility index (Phi) is 3.58. The van der Waals surface area contributed by atoms with E-state index in [2.05, 4.69) is 60.5 Å². The summed E-state index contributed by atoms with van der Waals surface area (Å²) in [5.41, 5.74) is 3.66. The van der Waals surface area contributed by atoms with E-state index in [-0.39, 0.29) is 25.5 Å². The van der Waals surface area contributed by atoms with Gasteiger partial charge in [0.1, 0.15) is 0 Å². The first-order valence-electron chi connectivity index (χ1n) is 7.25. The van der Waals surface area contributed by atoms with E-state index < -0.39 is 0 Å². The number of pyridine rings is 1. The molecule has 0 spiro atoms. The van der Waals surface area contributed by atoms with Gasteiger partial charge in [-0.15, -0.1) is 29.7 Å². The van der Waals surface area contributed by atoms with Crippen LogP contribution < -0.4 is 0 Å². The van der Waals surface area contributed by atoms with Gasteiger partial charge in [-0.25, -0.2) is 0 Å². The molecule has 0 aliphatic rings. The van der Waals surface area contributed by atoms with Crippen LogP contribution in [0.3, 0.4) is 0 Å². The molecule has 0 unspecified atom stereocenters. The fraction of sp³-hybridized carbons (Fsp3) is 0.211. The normalized spacial score (nSPS) is 12.0. The minimum atomic E-state index is 0.